The van der Waals surface area contributed by atoms with Gasteiger partial charge in [0.25, 0.3) is 0 Å². The molecule has 2 aromatic carbocycles. The van der Waals surface area contributed by atoms with Crippen molar-refractivity contribution < 1.29 is 9.13 Å². The highest BCUT2D eigenvalue weighted by molar-refractivity contribution is 9.10. The molecule has 0 bridgehead atoms. The molecule has 2 rings (SSSR count). The van der Waals surface area contributed by atoms with E-state index in [1.807, 2.05) is 50.2 Å². The maximum Gasteiger partial charge on any atom is 0.142 e. The molecule has 2 aromatic rings. The summed E-state index contributed by atoms with van der Waals surface area (Å²) in [7, 11) is 0. The highest BCUT2D eigenvalue weighted by atomic mass is 79.9. The second-order valence-corrected chi connectivity index (χ2v) is 5.49. The van der Waals surface area contributed by atoms with Gasteiger partial charge in [-0.25, -0.2) is 4.39 Å². The van der Waals surface area contributed by atoms with Gasteiger partial charge in [0, 0.05) is 5.56 Å². The number of benzene rings is 2. The topological polar surface area (TPSA) is 21.3 Å². The number of hydrogen-bond acceptors (Lipinski definition) is 2. The summed E-state index contributed by atoms with van der Waals surface area (Å²) in [5, 5.41) is 3.33. The Hall–Kier alpha value is -1.39. The standard InChI is InChI=1S/C17H19BrFNO/c1-3-20-17(14-6-5-7-15(18)16(14)19)12-8-10-13(11-9-12)21-4-2/h5-11,17,20H,3-4H2,1-2H3. The summed E-state index contributed by atoms with van der Waals surface area (Å²) in [6, 6.07) is 13.0. The zero-order valence-electron chi connectivity index (χ0n) is 12.2. The molecular formula is C17H19BrFNO. The van der Waals surface area contributed by atoms with Gasteiger partial charge >= 0.3 is 0 Å². The summed E-state index contributed by atoms with van der Waals surface area (Å²) in [5.74, 6) is 0.601. The van der Waals surface area contributed by atoms with Gasteiger partial charge < -0.3 is 10.1 Å². The van der Waals surface area contributed by atoms with Crippen molar-refractivity contribution in [3.63, 3.8) is 0 Å². The lowest BCUT2D eigenvalue weighted by molar-refractivity contribution is 0.340. The average molecular weight is 352 g/mol. The van der Waals surface area contributed by atoms with E-state index in [0.29, 0.717) is 16.6 Å². The van der Waals surface area contributed by atoms with Crippen molar-refractivity contribution in [2.24, 2.45) is 0 Å². The molecule has 1 atom stereocenters. The quantitative estimate of drug-likeness (QED) is 0.815. The molecule has 0 fully saturated rings. The molecule has 0 amide bonds. The van der Waals surface area contributed by atoms with Crippen LogP contribution in [0, 0.1) is 5.82 Å². The van der Waals surface area contributed by atoms with Crippen LogP contribution in [0.1, 0.15) is 31.0 Å². The monoisotopic (exact) mass is 351 g/mol. The lowest BCUT2D eigenvalue weighted by atomic mass is 9.98. The Bertz CT molecular complexity index is 586. The first-order chi connectivity index (χ1) is 10.2. The summed E-state index contributed by atoms with van der Waals surface area (Å²) in [5.41, 5.74) is 1.65. The molecule has 0 aliphatic rings. The third-order valence-corrected chi connectivity index (χ3v) is 3.84. The van der Waals surface area contributed by atoms with Crippen LogP contribution in [0.5, 0.6) is 5.75 Å². The third kappa shape index (κ3) is 3.83. The van der Waals surface area contributed by atoms with E-state index < -0.39 is 0 Å². The average Bonchev–Trinajstić information content (AvgIpc) is 2.49. The van der Waals surface area contributed by atoms with Gasteiger partial charge in [-0.15, -0.1) is 0 Å². The minimum atomic E-state index is -0.225. The van der Waals surface area contributed by atoms with E-state index in [2.05, 4.69) is 21.2 Å². The molecule has 1 N–H and O–H groups in total. The van der Waals surface area contributed by atoms with Crippen LogP contribution in [0.2, 0.25) is 0 Å². The summed E-state index contributed by atoms with van der Waals surface area (Å²) in [6.07, 6.45) is 0. The first-order valence-electron chi connectivity index (χ1n) is 7.07. The second kappa shape index (κ2) is 7.57. The van der Waals surface area contributed by atoms with Crippen LogP contribution in [0.4, 0.5) is 4.39 Å². The Labute approximate surface area is 133 Å². The molecule has 0 aromatic heterocycles. The van der Waals surface area contributed by atoms with E-state index in [1.54, 1.807) is 6.07 Å². The van der Waals surface area contributed by atoms with Crippen LogP contribution in [-0.4, -0.2) is 13.2 Å². The van der Waals surface area contributed by atoms with Crippen LogP contribution >= 0.6 is 15.9 Å². The van der Waals surface area contributed by atoms with Crippen molar-refractivity contribution in [3.8, 4) is 5.75 Å². The molecule has 4 heteroatoms. The van der Waals surface area contributed by atoms with E-state index in [9.17, 15) is 4.39 Å². The molecule has 0 saturated carbocycles. The Morgan fingerprint density at radius 3 is 2.48 bits per heavy atom. The smallest absolute Gasteiger partial charge is 0.142 e. The van der Waals surface area contributed by atoms with Gasteiger partial charge in [0.05, 0.1) is 17.1 Å². The van der Waals surface area contributed by atoms with Crippen molar-refractivity contribution in [3.05, 3.63) is 63.9 Å². The number of hydrogen-bond donors (Lipinski definition) is 1. The first kappa shape index (κ1) is 16.0. The van der Waals surface area contributed by atoms with Gasteiger partial charge in [-0.2, -0.15) is 0 Å². The van der Waals surface area contributed by atoms with Crippen LogP contribution in [0.25, 0.3) is 0 Å². The highest BCUT2D eigenvalue weighted by Crippen LogP contribution is 2.29. The van der Waals surface area contributed by atoms with Gasteiger partial charge in [0.1, 0.15) is 11.6 Å². The molecular weight excluding hydrogens is 333 g/mol. The SMILES string of the molecule is CCNC(c1ccc(OCC)cc1)c1cccc(Br)c1F. The van der Waals surface area contributed by atoms with Crippen LogP contribution in [-0.2, 0) is 0 Å². The molecule has 0 aliphatic heterocycles. The second-order valence-electron chi connectivity index (χ2n) is 4.64. The Balaban J connectivity index is 2.36. The van der Waals surface area contributed by atoms with Crippen molar-refractivity contribution >= 4 is 15.9 Å². The molecule has 0 radical (unpaired) electrons. The summed E-state index contributed by atoms with van der Waals surface area (Å²) in [4.78, 5) is 0. The fourth-order valence-corrected chi connectivity index (χ4v) is 2.66. The van der Waals surface area contributed by atoms with Crippen molar-refractivity contribution in [1.82, 2.24) is 5.32 Å². The van der Waals surface area contributed by atoms with Crippen molar-refractivity contribution in [2.45, 2.75) is 19.9 Å². The maximum atomic E-state index is 14.3. The van der Waals surface area contributed by atoms with Gasteiger partial charge in [-0.05, 0) is 53.2 Å². The van der Waals surface area contributed by atoms with E-state index in [4.69, 9.17) is 4.74 Å². The molecule has 0 aliphatic carbocycles. The fraction of sp³-hybridized carbons (Fsp3) is 0.294. The van der Waals surface area contributed by atoms with Gasteiger partial charge in [-0.3, -0.25) is 0 Å². The minimum absolute atomic E-state index is 0.178. The lowest BCUT2D eigenvalue weighted by Gasteiger charge is -2.20. The molecule has 0 heterocycles. The molecule has 21 heavy (non-hydrogen) atoms. The molecule has 112 valence electrons. The number of halogens is 2. The van der Waals surface area contributed by atoms with Gasteiger partial charge in [-0.1, -0.05) is 31.2 Å². The van der Waals surface area contributed by atoms with Gasteiger partial charge in [0.15, 0.2) is 0 Å². The number of nitrogens with one attached hydrogen (secondary N) is 1. The fourth-order valence-electron chi connectivity index (χ4n) is 2.28. The Morgan fingerprint density at radius 2 is 1.86 bits per heavy atom. The number of ether oxygens (including phenoxy) is 1. The Kier molecular flexibility index (Phi) is 5.76. The summed E-state index contributed by atoms with van der Waals surface area (Å²) < 4.78 is 20.3. The van der Waals surface area contributed by atoms with Crippen molar-refractivity contribution in [1.29, 1.82) is 0 Å². The molecule has 1 unspecified atom stereocenters. The molecule has 0 spiro atoms. The zero-order chi connectivity index (χ0) is 15.2. The van der Waals surface area contributed by atoms with E-state index in [1.165, 1.54) is 0 Å². The van der Waals surface area contributed by atoms with Crippen LogP contribution in [0.3, 0.4) is 0 Å². The minimum Gasteiger partial charge on any atom is -0.494 e. The normalized spacial score (nSPS) is 12.2. The van der Waals surface area contributed by atoms with Gasteiger partial charge in [0.2, 0.25) is 0 Å². The molecule has 0 saturated heterocycles. The zero-order valence-corrected chi connectivity index (χ0v) is 13.8. The predicted octanol–water partition coefficient (Wildman–Crippen LogP) is 4.69. The first-order valence-corrected chi connectivity index (χ1v) is 7.86. The van der Waals surface area contributed by atoms with E-state index >= 15 is 0 Å². The largest absolute Gasteiger partial charge is 0.494 e. The molecule has 2 nitrogen and oxygen atoms in total. The lowest BCUT2D eigenvalue weighted by Crippen LogP contribution is -2.23. The predicted molar refractivity (Wildman–Crippen MR) is 87.2 cm³/mol. The van der Waals surface area contributed by atoms with Crippen LogP contribution in [0.15, 0.2) is 46.9 Å². The highest BCUT2D eigenvalue weighted by Gasteiger charge is 2.18. The summed E-state index contributed by atoms with van der Waals surface area (Å²) >= 11 is 3.25. The van der Waals surface area contributed by atoms with E-state index in [-0.39, 0.29) is 11.9 Å². The Morgan fingerprint density at radius 1 is 1.14 bits per heavy atom. The number of rotatable bonds is 6. The van der Waals surface area contributed by atoms with Crippen LogP contribution < -0.4 is 10.1 Å². The van der Waals surface area contributed by atoms with E-state index in [0.717, 1.165) is 17.9 Å². The maximum absolute atomic E-state index is 14.3. The summed E-state index contributed by atoms with van der Waals surface area (Å²) in [6.45, 7) is 5.35. The third-order valence-electron chi connectivity index (χ3n) is 3.23. The van der Waals surface area contributed by atoms with Crippen molar-refractivity contribution in [2.75, 3.05) is 13.2 Å².